The van der Waals surface area contributed by atoms with Crippen molar-refractivity contribution < 1.29 is 19.0 Å². The minimum atomic E-state index is -0.466. The molecule has 36 heavy (non-hydrogen) atoms. The molecule has 1 aliphatic heterocycles. The van der Waals surface area contributed by atoms with Crippen molar-refractivity contribution >= 4 is 5.97 Å². The van der Waals surface area contributed by atoms with Crippen LogP contribution >= 0.6 is 0 Å². The number of benzene rings is 3. The molecule has 5 heteroatoms. The number of carbonyl (C=O) groups excluding carboxylic acids is 1. The van der Waals surface area contributed by atoms with Crippen molar-refractivity contribution in [3.8, 4) is 11.5 Å². The number of likely N-dealkylation sites (N-methyl/N-ethyl adjacent to an activating group) is 1. The molecule has 1 fully saturated rings. The predicted octanol–water partition coefficient (Wildman–Crippen LogP) is 5.70. The molecule has 0 spiro atoms. The van der Waals surface area contributed by atoms with Crippen LogP contribution in [0, 0.1) is 0 Å². The zero-order valence-electron chi connectivity index (χ0n) is 21.1. The number of rotatable bonds is 7. The Hall–Kier alpha value is -3.57. The summed E-state index contributed by atoms with van der Waals surface area (Å²) in [6.07, 6.45) is 4.81. The monoisotopic (exact) mass is 483 g/mol. The van der Waals surface area contributed by atoms with Gasteiger partial charge in [-0.1, -0.05) is 66.7 Å². The Labute approximate surface area is 213 Å². The summed E-state index contributed by atoms with van der Waals surface area (Å²) in [5.74, 6) is 1.53. The summed E-state index contributed by atoms with van der Waals surface area (Å²) in [6.45, 7) is 0.980. The van der Waals surface area contributed by atoms with Crippen LogP contribution in [0.25, 0.3) is 0 Å². The highest BCUT2D eigenvalue weighted by Gasteiger charge is 2.49. The molecule has 2 aliphatic rings. The minimum absolute atomic E-state index is 0.0531. The quantitative estimate of drug-likeness (QED) is 0.404. The smallest absolute Gasteiger partial charge is 0.322 e. The third-order valence-corrected chi connectivity index (χ3v) is 7.80. The van der Waals surface area contributed by atoms with Crippen molar-refractivity contribution in [2.24, 2.45) is 0 Å². The standard InChI is InChI=1S/C31H33NO4/c1-32-19-18-31(24-14-15-26(34-2)27(20-24)35-3)17-16-25(21-28(31)32)36-30(33)29(22-10-6-4-7-11-22)23-12-8-5-9-13-23/h4-15,20-21,28-29H,16-19H2,1-3H3/t28?,31-/m0/s1. The van der Waals surface area contributed by atoms with E-state index in [2.05, 4.69) is 30.2 Å². The fourth-order valence-corrected chi connectivity index (χ4v) is 5.88. The fraction of sp³-hybridized carbons (Fsp3) is 0.323. The van der Waals surface area contributed by atoms with Gasteiger partial charge in [-0.3, -0.25) is 9.69 Å². The Balaban J connectivity index is 1.44. The Morgan fingerprint density at radius 1 is 0.889 bits per heavy atom. The van der Waals surface area contributed by atoms with Crippen LogP contribution in [0.1, 0.15) is 41.9 Å². The van der Waals surface area contributed by atoms with Gasteiger partial charge < -0.3 is 14.2 Å². The number of allylic oxidation sites excluding steroid dienone is 1. The lowest BCUT2D eigenvalue weighted by Crippen LogP contribution is -2.42. The highest BCUT2D eigenvalue weighted by Crippen LogP contribution is 2.49. The van der Waals surface area contributed by atoms with Crippen LogP contribution < -0.4 is 9.47 Å². The molecule has 0 aromatic heterocycles. The van der Waals surface area contributed by atoms with E-state index in [1.165, 1.54) is 5.56 Å². The Kier molecular flexibility index (Phi) is 6.84. The molecule has 186 valence electrons. The summed E-state index contributed by atoms with van der Waals surface area (Å²) in [5.41, 5.74) is 3.05. The number of nitrogens with zero attached hydrogens (tertiary/aromatic N) is 1. The third kappa shape index (κ3) is 4.40. The van der Waals surface area contributed by atoms with Gasteiger partial charge in [0.2, 0.25) is 0 Å². The van der Waals surface area contributed by atoms with Crippen molar-refractivity contribution in [1.82, 2.24) is 4.90 Å². The zero-order valence-corrected chi connectivity index (χ0v) is 21.1. The lowest BCUT2D eigenvalue weighted by atomic mass is 9.68. The lowest BCUT2D eigenvalue weighted by Gasteiger charge is -2.40. The van der Waals surface area contributed by atoms with Crippen molar-refractivity contribution in [3.05, 3.63) is 107 Å². The van der Waals surface area contributed by atoms with Gasteiger partial charge in [0.1, 0.15) is 11.7 Å². The summed E-state index contributed by atoms with van der Waals surface area (Å²) < 4.78 is 17.2. The van der Waals surface area contributed by atoms with E-state index in [1.54, 1.807) is 14.2 Å². The van der Waals surface area contributed by atoms with Gasteiger partial charge in [-0.2, -0.15) is 0 Å². The van der Waals surface area contributed by atoms with E-state index in [1.807, 2.05) is 66.7 Å². The third-order valence-electron chi connectivity index (χ3n) is 7.80. The zero-order chi connectivity index (χ0) is 25.1. The molecule has 0 saturated carbocycles. The second-order valence-corrected chi connectivity index (χ2v) is 9.71. The van der Waals surface area contributed by atoms with Gasteiger partial charge >= 0.3 is 5.97 Å². The maximum absolute atomic E-state index is 13.6. The molecule has 0 bridgehead atoms. The van der Waals surface area contributed by atoms with Gasteiger partial charge in [0.05, 0.1) is 14.2 Å². The van der Waals surface area contributed by atoms with E-state index in [9.17, 15) is 4.79 Å². The number of likely N-dealkylation sites (tertiary alicyclic amines) is 1. The molecule has 1 unspecified atom stereocenters. The van der Waals surface area contributed by atoms with Crippen LogP contribution in [0.4, 0.5) is 0 Å². The molecule has 3 aromatic carbocycles. The van der Waals surface area contributed by atoms with Gasteiger partial charge in [-0.15, -0.1) is 0 Å². The van der Waals surface area contributed by atoms with E-state index in [0.29, 0.717) is 6.42 Å². The van der Waals surface area contributed by atoms with Gasteiger partial charge in [-0.25, -0.2) is 0 Å². The molecular formula is C31H33NO4. The molecule has 3 aromatic rings. The number of fused-ring (bicyclic) bond motifs is 1. The molecular weight excluding hydrogens is 450 g/mol. The first-order chi connectivity index (χ1) is 17.6. The Bertz CT molecular complexity index is 1200. The van der Waals surface area contributed by atoms with E-state index in [-0.39, 0.29) is 17.4 Å². The topological polar surface area (TPSA) is 48.0 Å². The van der Waals surface area contributed by atoms with Crippen LogP contribution in [0.3, 0.4) is 0 Å². The molecule has 0 radical (unpaired) electrons. The summed E-state index contributed by atoms with van der Waals surface area (Å²) >= 11 is 0. The average molecular weight is 484 g/mol. The van der Waals surface area contributed by atoms with E-state index in [4.69, 9.17) is 14.2 Å². The van der Waals surface area contributed by atoms with Gasteiger partial charge in [0.25, 0.3) is 0 Å². The molecule has 5 rings (SSSR count). The number of ether oxygens (including phenoxy) is 3. The van der Waals surface area contributed by atoms with Crippen LogP contribution in [-0.2, 0) is 14.9 Å². The van der Waals surface area contributed by atoms with E-state index >= 15 is 0 Å². The second kappa shape index (κ2) is 10.2. The summed E-state index contributed by atoms with van der Waals surface area (Å²) in [6, 6.07) is 26.1. The highest BCUT2D eigenvalue weighted by atomic mass is 16.5. The van der Waals surface area contributed by atoms with Crippen LogP contribution in [0.15, 0.2) is 90.7 Å². The van der Waals surface area contributed by atoms with Gasteiger partial charge in [0.15, 0.2) is 11.5 Å². The summed E-state index contributed by atoms with van der Waals surface area (Å²) in [7, 11) is 5.47. The van der Waals surface area contributed by atoms with Crippen molar-refractivity contribution in [2.75, 3.05) is 27.8 Å². The van der Waals surface area contributed by atoms with Crippen molar-refractivity contribution in [3.63, 3.8) is 0 Å². The van der Waals surface area contributed by atoms with Crippen LogP contribution in [0.2, 0.25) is 0 Å². The maximum atomic E-state index is 13.6. The first-order valence-electron chi connectivity index (χ1n) is 12.5. The Morgan fingerprint density at radius 3 is 2.14 bits per heavy atom. The second-order valence-electron chi connectivity index (χ2n) is 9.71. The van der Waals surface area contributed by atoms with Crippen LogP contribution in [0.5, 0.6) is 11.5 Å². The predicted molar refractivity (Wildman–Crippen MR) is 140 cm³/mol. The van der Waals surface area contributed by atoms with Gasteiger partial charge in [-0.05, 0) is 61.3 Å². The number of esters is 1. The number of hydrogen-bond acceptors (Lipinski definition) is 5. The molecule has 1 saturated heterocycles. The average Bonchev–Trinajstić information content (AvgIpc) is 3.26. The number of carbonyl (C=O) groups is 1. The Morgan fingerprint density at radius 2 is 1.53 bits per heavy atom. The normalized spacial score (nSPS) is 21.6. The fourth-order valence-electron chi connectivity index (χ4n) is 5.88. The SMILES string of the molecule is COc1ccc([C@@]23CCC(OC(=O)C(c4ccccc4)c4ccccc4)=CC2N(C)CC3)cc1OC. The van der Waals surface area contributed by atoms with Crippen molar-refractivity contribution in [1.29, 1.82) is 0 Å². The van der Waals surface area contributed by atoms with E-state index < -0.39 is 5.92 Å². The summed E-state index contributed by atoms with van der Waals surface area (Å²) in [4.78, 5) is 15.9. The largest absolute Gasteiger partial charge is 0.493 e. The highest BCUT2D eigenvalue weighted by molar-refractivity contribution is 5.83. The molecule has 5 nitrogen and oxygen atoms in total. The summed E-state index contributed by atoms with van der Waals surface area (Å²) in [5, 5.41) is 0. The molecule has 1 heterocycles. The first kappa shape index (κ1) is 24.1. The van der Waals surface area contributed by atoms with Crippen molar-refractivity contribution in [2.45, 2.75) is 36.6 Å². The minimum Gasteiger partial charge on any atom is -0.493 e. The number of methoxy groups -OCH3 is 2. The molecule has 1 aliphatic carbocycles. The van der Waals surface area contributed by atoms with Gasteiger partial charge in [0, 0.05) is 17.9 Å². The van der Waals surface area contributed by atoms with Crippen LogP contribution in [-0.4, -0.2) is 44.7 Å². The molecule has 2 atom stereocenters. The number of hydrogen-bond donors (Lipinski definition) is 0. The molecule has 0 N–H and O–H groups in total. The first-order valence-corrected chi connectivity index (χ1v) is 12.5. The lowest BCUT2D eigenvalue weighted by molar-refractivity contribution is -0.140. The maximum Gasteiger partial charge on any atom is 0.322 e. The molecule has 0 amide bonds. The van der Waals surface area contributed by atoms with E-state index in [0.717, 1.165) is 47.8 Å².